The van der Waals surface area contributed by atoms with Gasteiger partial charge in [-0.3, -0.25) is 0 Å². The Morgan fingerprint density at radius 2 is 1.56 bits per heavy atom. The molecule has 1 fully saturated rings. The summed E-state index contributed by atoms with van der Waals surface area (Å²) in [6.45, 7) is -0.478. The Morgan fingerprint density at radius 3 is 1.89 bits per heavy atom. The van der Waals surface area contributed by atoms with E-state index in [0.717, 1.165) is 0 Å². The van der Waals surface area contributed by atoms with Gasteiger partial charge >= 0.3 is 18.4 Å². The zero-order valence-electron chi connectivity index (χ0n) is 8.72. The molecule has 1 atom stereocenters. The highest BCUT2D eigenvalue weighted by Crippen LogP contribution is 2.48. The first-order valence-corrected chi connectivity index (χ1v) is 4.78. The molecule has 1 saturated heterocycles. The number of carboxylic acid groups (broad SMARTS) is 1. The second-order valence-electron chi connectivity index (χ2n) is 3.90. The van der Waals surface area contributed by atoms with Crippen LogP contribution in [0.5, 0.6) is 0 Å². The van der Waals surface area contributed by atoms with Crippen molar-refractivity contribution in [3.63, 3.8) is 0 Å². The second-order valence-corrected chi connectivity index (χ2v) is 3.90. The van der Waals surface area contributed by atoms with Gasteiger partial charge in [-0.2, -0.15) is 26.3 Å². The Hall–Kier alpha value is -1.19. The fourth-order valence-corrected chi connectivity index (χ4v) is 1.97. The molecule has 1 aliphatic rings. The van der Waals surface area contributed by atoms with Crippen molar-refractivity contribution in [2.24, 2.45) is 0 Å². The van der Waals surface area contributed by atoms with Gasteiger partial charge in [0.15, 0.2) is 0 Å². The summed E-state index contributed by atoms with van der Waals surface area (Å²) in [6, 6.07) is -2.57. The van der Waals surface area contributed by atoms with Crippen LogP contribution in [0.2, 0.25) is 0 Å². The van der Waals surface area contributed by atoms with Gasteiger partial charge in [0.2, 0.25) is 0 Å². The number of alkyl halides is 6. The summed E-state index contributed by atoms with van der Waals surface area (Å²) >= 11 is 0. The van der Waals surface area contributed by atoms with Crippen LogP contribution in [0.4, 0.5) is 31.1 Å². The van der Waals surface area contributed by atoms with Crippen molar-refractivity contribution >= 4 is 6.09 Å². The van der Waals surface area contributed by atoms with E-state index in [1.165, 1.54) is 0 Å². The molecular formula is C8H9F6NO3. The molecule has 1 unspecified atom stereocenters. The molecule has 0 aromatic heterocycles. The molecule has 1 heterocycles. The van der Waals surface area contributed by atoms with Crippen LogP contribution in [0.3, 0.4) is 0 Å². The molecule has 0 aromatic rings. The lowest BCUT2D eigenvalue weighted by atomic mass is 9.90. The zero-order valence-corrected chi connectivity index (χ0v) is 8.72. The first-order chi connectivity index (χ1) is 7.93. The molecule has 18 heavy (non-hydrogen) atoms. The van der Waals surface area contributed by atoms with Gasteiger partial charge in [0, 0.05) is 6.54 Å². The maximum absolute atomic E-state index is 12.5. The minimum absolute atomic E-state index is 0.0268. The molecule has 0 saturated carbocycles. The van der Waals surface area contributed by atoms with Crippen LogP contribution >= 0.6 is 0 Å². The van der Waals surface area contributed by atoms with E-state index in [2.05, 4.69) is 0 Å². The minimum atomic E-state index is -6.01. The van der Waals surface area contributed by atoms with E-state index in [4.69, 9.17) is 10.2 Å². The lowest BCUT2D eigenvalue weighted by Crippen LogP contribution is -2.67. The van der Waals surface area contributed by atoms with Crippen molar-refractivity contribution in [2.45, 2.75) is 36.8 Å². The molecule has 1 aliphatic heterocycles. The first-order valence-electron chi connectivity index (χ1n) is 4.78. The van der Waals surface area contributed by atoms with Crippen molar-refractivity contribution in [1.82, 2.24) is 4.90 Å². The molecule has 0 bridgehead atoms. The fourth-order valence-electron chi connectivity index (χ4n) is 1.97. The van der Waals surface area contributed by atoms with E-state index in [1.54, 1.807) is 0 Å². The van der Waals surface area contributed by atoms with Gasteiger partial charge in [-0.05, 0) is 12.8 Å². The predicted octanol–water partition coefficient (Wildman–Crippen LogP) is 1.98. The highest BCUT2D eigenvalue weighted by molar-refractivity contribution is 5.66. The quantitative estimate of drug-likeness (QED) is 0.722. The Kier molecular flexibility index (Phi) is 3.45. The topological polar surface area (TPSA) is 60.8 Å². The number of nitrogens with zero attached hydrogens (tertiary/aromatic N) is 1. The summed E-state index contributed by atoms with van der Waals surface area (Å²) in [5.41, 5.74) is -5.05. The monoisotopic (exact) mass is 281 g/mol. The van der Waals surface area contributed by atoms with Crippen LogP contribution < -0.4 is 0 Å². The molecule has 0 aliphatic carbocycles. The summed E-state index contributed by atoms with van der Waals surface area (Å²) < 4.78 is 75.0. The van der Waals surface area contributed by atoms with Gasteiger partial charge in [0.05, 0.1) is 6.04 Å². The summed E-state index contributed by atoms with van der Waals surface area (Å²) in [5, 5.41) is 17.6. The molecule has 1 rings (SSSR count). The smallest absolute Gasteiger partial charge is 0.428 e. The van der Waals surface area contributed by atoms with E-state index < -0.39 is 43.1 Å². The lowest BCUT2D eigenvalue weighted by Gasteiger charge is -2.39. The van der Waals surface area contributed by atoms with Crippen molar-refractivity contribution in [3.05, 3.63) is 0 Å². The Morgan fingerprint density at radius 1 is 1.11 bits per heavy atom. The van der Waals surface area contributed by atoms with Gasteiger partial charge in [0.1, 0.15) is 0 Å². The Bertz CT molecular complexity index is 325. The highest BCUT2D eigenvalue weighted by atomic mass is 19.4. The molecule has 0 aromatic carbocycles. The largest absolute Gasteiger partial charge is 0.465 e. The molecule has 4 nitrogen and oxygen atoms in total. The molecular weight excluding hydrogens is 272 g/mol. The first kappa shape index (κ1) is 14.9. The van der Waals surface area contributed by atoms with Crippen LogP contribution in [0.1, 0.15) is 12.8 Å². The number of hydrogen-bond acceptors (Lipinski definition) is 2. The van der Waals surface area contributed by atoms with Crippen molar-refractivity contribution in [3.8, 4) is 0 Å². The van der Waals surface area contributed by atoms with Gasteiger partial charge in [-0.15, -0.1) is 0 Å². The molecule has 1 amide bonds. The second kappa shape index (κ2) is 4.18. The van der Waals surface area contributed by atoms with Crippen LogP contribution in [0.25, 0.3) is 0 Å². The third-order valence-corrected chi connectivity index (χ3v) is 2.85. The minimum Gasteiger partial charge on any atom is -0.465 e. The average Bonchev–Trinajstić information content (AvgIpc) is 2.60. The normalized spacial score (nSPS) is 22.4. The van der Waals surface area contributed by atoms with E-state index in [9.17, 15) is 31.1 Å². The van der Waals surface area contributed by atoms with Gasteiger partial charge in [0.25, 0.3) is 5.60 Å². The summed E-state index contributed by atoms with van der Waals surface area (Å²) in [7, 11) is 0. The number of aliphatic hydroxyl groups is 1. The van der Waals surface area contributed by atoms with Crippen LogP contribution in [-0.2, 0) is 0 Å². The number of amides is 1. The van der Waals surface area contributed by atoms with E-state index in [-0.39, 0.29) is 11.3 Å². The Labute approximate surface area is 96.8 Å². The SMILES string of the molecule is O=C(O)N1CCCC1C(O)(C(F)(F)F)C(F)(F)F. The molecule has 2 N–H and O–H groups in total. The van der Waals surface area contributed by atoms with Gasteiger partial charge < -0.3 is 15.1 Å². The molecule has 10 heteroatoms. The van der Waals surface area contributed by atoms with Crippen LogP contribution in [-0.4, -0.2) is 51.7 Å². The summed E-state index contributed by atoms with van der Waals surface area (Å²) in [4.78, 5) is 10.6. The van der Waals surface area contributed by atoms with E-state index in [1.807, 2.05) is 0 Å². The molecule has 106 valence electrons. The lowest BCUT2D eigenvalue weighted by molar-refractivity contribution is -0.380. The standard InChI is InChI=1S/C8H9F6NO3/c9-7(10,11)6(18,8(12,13)14)4-2-1-3-15(4)5(16)17/h4,18H,1-3H2,(H,16,17). The maximum atomic E-state index is 12.5. The highest BCUT2D eigenvalue weighted by Gasteiger charge is 2.75. The fraction of sp³-hybridized carbons (Fsp3) is 0.875. The third-order valence-electron chi connectivity index (χ3n) is 2.85. The zero-order chi connectivity index (χ0) is 14.4. The van der Waals surface area contributed by atoms with Crippen molar-refractivity contribution < 1.29 is 41.4 Å². The van der Waals surface area contributed by atoms with Crippen molar-refractivity contribution in [1.29, 1.82) is 0 Å². The molecule has 0 spiro atoms. The number of hydrogen-bond donors (Lipinski definition) is 2. The number of halogens is 6. The van der Waals surface area contributed by atoms with Crippen LogP contribution in [0.15, 0.2) is 0 Å². The summed E-state index contributed by atoms with van der Waals surface area (Å²) in [6.07, 6.45) is -14.8. The Balaban J connectivity index is 3.25. The van der Waals surface area contributed by atoms with Crippen molar-refractivity contribution in [2.75, 3.05) is 6.54 Å². The van der Waals surface area contributed by atoms with Crippen LogP contribution in [0, 0.1) is 0 Å². The predicted molar refractivity (Wildman–Crippen MR) is 44.8 cm³/mol. The summed E-state index contributed by atoms with van der Waals surface area (Å²) in [5.74, 6) is 0. The number of likely N-dealkylation sites (tertiary alicyclic amines) is 1. The third kappa shape index (κ3) is 2.08. The number of carbonyl (C=O) groups is 1. The van der Waals surface area contributed by atoms with E-state index >= 15 is 0 Å². The van der Waals surface area contributed by atoms with Gasteiger partial charge in [-0.1, -0.05) is 0 Å². The maximum Gasteiger partial charge on any atom is 0.428 e. The molecule has 0 radical (unpaired) electrons. The van der Waals surface area contributed by atoms with Gasteiger partial charge in [-0.25, -0.2) is 4.79 Å². The number of rotatable bonds is 1. The van der Waals surface area contributed by atoms with E-state index in [0.29, 0.717) is 0 Å². The average molecular weight is 281 g/mol.